The van der Waals surface area contributed by atoms with Crippen LogP contribution >= 0.6 is 0 Å². The molecule has 9 nitrogen and oxygen atoms in total. The molecule has 0 spiro atoms. The summed E-state index contributed by atoms with van der Waals surface area (Å²) < 4.78 is 0. The topological polar surface area (TPSA) is 173 Å². The van der Waals surface area contributed by atoms with Crippen LogP contribution in [-0.2, 0) is 14.4 Å². The molecule has 0 unspecified atom stereocenters. The molecular weight excluding hydrogens is 444 g/mol. The zero-order valence-electron chi connectivity index (χ0n) is 20.9. The van der Waals surface area contributed by atoms with Crippen LogP contribution in [0.25, 0.3) is 0 Å². The third-order valence-corrected chi connectivity index (χ3v) is 4.63. The van der Waals surface area contributed by atoms with Gasteiger partial charge in [0.2, 0.25) is 0 Å². The van der Waals surface area contributed by atoms with Crippen LogP contribution in [0, 0.1) is 0 Å². The van der Waals surface area contributed by atoms with E-state index in [0.717, 1.165) is 12.8 Å². The van der Waals surface area contributed by atoms with E-state index in [9.17, 15) is 14.4 Å². The van der Waals surface area contributed by atoms with Gasteiger partial charge in [0.15, 0.2) is 0 Å². The number of aliphatic hydroxyl groups is 3. The predicted octanol–water partition coefficient (Wildman–Crippen LogP) is 4.38. The number of aliphatic hydroxyl groups excluding tert-OH is 3. The number of carboxylic acids is 3. The van der Waals surface area contributed by atoms with Crippen LogP contribution in [0.5, 0.6) is 0 Å². The number of aliphatic carboxylic acids is 3. The van der Waals surface area contributed by atoms with Crippen molar-refractivity contribution in [3.05, 3.63) is 12.2 Å². The molecule has 0 aliphatic rings. The Balaban J connectivity index is -0.000000560. The highest BCUT2D eigenvalue weighted by atomic mass is 16.4. The van der Waals surface area contributed by atoms with E-state index in [1.54, 1.807) is 0 Å². The Bertz CT molecular complexity index is 475. The fourth-order valence-electron chi connectivity index (χ4n) is 2.62. The van der Waals surface area contributed by atoms with Crippen LogP contribution < -0.4 is 0 Å². The molecule has 0 saturated carbocycles. The van der Waals surface area contributed by atoms with Gasteiger partial charge in [-0.25, -0.2) is 0 Å². The second kappa shape index (κ2) is 31.0. The Morgan fingerprint density at radius 3 is 1.26 bits per heavy atom. The molecule has 0 amide bonds. The first-order chi connectivity index (χ1) is 16.2. The van der Waals surface area contributed by atoms with Crippen LogP contribution in [0.1, 0.15) is 110 Å². The maximum atomic E-state index is 10.3. The largest absolute Gasteiger partial charge is 0.481 e. The van der Waals surface area contributed by atoms with Crippen molar-refractivity contribution < 1.29 is 45.0 Å². The van der Waals surface area contributed by atoms with Gasteiger partial charge in [-0.3, -0.25) is 14.4 Å². The Hall–Kier alpha value is -1.97. The fourth-order valence-corrected chi connectivity index (χ4v) is 2.62. The molecule has 9 heteroatoms. The van der Waals surface area contributed by atoms with Crippen LogP contribution in [0.4, 0.5) is 0 Å². The molecule has 0 radical (unpaired) electrons. The zero-order valence-corrected chi connectivity index (χ0v) is 20.9. The van der Waals surface area contributed by atoms with E-state index in [4.69, 9.17) is 30.6 Å². The van der Waals surface area contributed by atoms with Crippen LogP contribution in [0.3, 0.4) is 0 Å². The summed E-state index contributed by atoms with van der Waals surface area (Å²) in [5, 5.41) is 48.3. The SMILES string of the molecule is CCCCCCCCC=CCCCCCCCC(=O)O.O=C(O)CCC(=O)O.OCC(O)CO. The molecule has 0 rings (SSSR count). The second-order valence-corrected chi connectivity index (χ2v) is 8.03. The smallest absolute Gasteiger partial charge is 0.303 e. The lowest BCUT2D eigenvalue weighted by molar-refractivity contribution is -0.143. The van der Waals surface area contributed by atoms with Crippen molar-refractivity contribution in [3.63, 3.8) is 0 Å². The maximum Gasteiger partial charge on any atom is 0.303 e. The summed E-state index contributed by atoms with van der Waals surface area (Å²) in [7, 11) is 0. The van der Waals surface area contributed by atoms with Crippen LogP contribution in [0.2, 0.25) is 0 Å². The van der Waals surface area contributed by atoms with Crippen molar-refractivity contribution in [2.24, 2.45) is 0 Å². The summed E-state index contributed by atoms with van der Waals surface area (Å²) in [4.78, 5) is 29.6. The molecule has 0 aromatic rings. The van der Waals surface area contributed by atoms with E-state index in [-0.39, 0.29) is 26.1 Å². The van der Waals surface area contributed by atoms with Gasteiger partial charge in [0.05, 0.1) is 26.1 Å². The van der Waals surface area contributed by atoms with E-state index in [1.807, 2.05) is 0 Å². The van der Waals surface area contributed by atoms with Crippen molar-refractivity contribution in [2.75, 3.05) is 13.2 Å². The van der Waals surface area contributed by atoms with Crippen molar-refractivity contribution in [2.45, 2.75) is 116 Å². The van der Waals surface area contributed by atoms with E-state index >= 15 is 0 Å². The van der Waals surface area contributed by atoms with E-state index in [0.29, 0.717) is 6.42 Å². The predicted molar refractivity (Wildman–Crippen MR) is 132 cm³/mol. The summed E-state index contributed by atoms with van der Waals surface area (Å²) in [6, 6.07) is 0. The van der Waals surface area contributed by atoms with E-state index < -0.39 is 24.0 Å². The van der Waals surface area contributed by atoms with Gasteiger partial charge in [-0.1, -0.05) is 70.4 Å². The number of carboxylic acid groups (broad SMARTS) is 3. The Morgan fingerprint density at radius 2 is 0.941 bits per heavy atom. The Kier molecular flexibility index (Phi) is 33.4. The van der Waals surface area contributed by atoms with Gasteiger partial charge < -0.3 is 30.6 Å². The molecule has 202 valence electrons. The van der Waals surface area contributed by atoms with Crippen molar-refractivity contribution in [1.29, 1.82) is 0 Å². The average Bonchev–Trinajstić information content (AvgIpc) is 2.80. The summed E-state index contributed by atoms with van der Waals surface area (Å²) in [6.07, 6.45) is 19.7. The molecule has 0 saturated heterocycles. The maximum absolute atomic E-state index is 10.3. The molecule has 0 fully saturated rings. The number of rotatable bonds is 20. The summed E-state index contributed by atoms with van der Waals surface area (Å²) in [5.41, 5.74) is 0. The lowest BCUT2D eigenvalue weighted by Crippen LogP contribution is -2.15. The highest BCUT2D eigenvalue weighted by Gasteiger charge is 2.00. The molecule has 0 aromatic carbocycles. The minimum Gasteiger partial charge on any atom is -0.481 e. The van der Waals surface area contributed by atoms with Gasteiger partial charge in [0, 0.05) is 6.42 Å². The Labute approximate surface area is 204 Å². The normalized spacial score (nSPS) is 10.4. The number of carbonyl (C=O) groups is 3. The highest BCUT2D eigenvalue weighted by molar-refractivity contribution is 5.75. The van der Waals surface area contributed by atoms with E-state index in [1.165, 1.54) is 70.6 Å². The van der Waals surface area contributed by atoms with E-state index in [2.05, 4.69) is 19.1 Å². The first-order valence-corrected chi connectivity index (χ1v) is 12.4. The lowest BCUT2D eigenvalue weighted by Gasteiger charge is -1.99. The monoisotopic (exact) mass is 492 g/mol. The molecule has 0 aromatic heterocycles. The molecule has 0 heterocycles. The second-order valence-electron chi connectivity index (χ2n) is 8.03. The minimum absolute atomic E-state index is 0.296. The quantitative estimate of drug-likeness (QED) is 0.106. The number of unbranched alkanes of at least 4 members (excludes halogenated alkanes) is 11. The lowest BCUT2D eigenvalue weighted by atomic mass is 10.1. The van der Waals surface area contributed by atoms with Gasteiger partial charge in [0.25, 0.3) is 0 Å². The summed E-state index contributed by atoms with van der Waals surface area (Å²) in [6.45, 7) is 1.53. The van der Waals surface area contributed by atoms with Crippen LogP contribution in [-0.4, -0.2) is 67.9 Å². The number of hydrogen-bond acceptors (Lipinski definition) is 6. The fraction of sp³-hybridized carbons (Fsp3) is 0.800. The molecule has 0 bridgehead atoms. The molecule has 0 aliphatic carbocycles. The molecular formula is C25H48O9. The van der Waals surface area contributed by atoms with Crippen molar-refractivity contribution in [3.8, 4) is 0 Å². The highest BCUT2D eigenvalue weighted by Crippen LogP contribution is 2.09. The number of allylic oxidation sites excluding steroid dienone is 2. The molecule has 34 heavy (non-hydrogen) atoms. The van der Waals surface area contributed by atoms with Gasteiger partial charge in [-0.2, -0.15) is 0 Å². The van der Waals surface area contributed by atoms with Gasteiger partial charge in [0.1, 0.15) is 6.10 Å². The van der Waals surface area contributed by atoms with Gasteiger partial charge >= 0.3 is 17.9 Å². The van der Waals surface area contributed by atoms with Gasteiger partial charge in [-0.15, -0.1) is 0 Å². The molecule has 0 aliphatic heterocycles. The number of hydrogen-bond donors (Lipinski definition) is 6. The summed E-state index contributed by atoms with van der Waals surface area (Å²) >= 11 is 0. The van der Waals surface area contributed by atoms with Gasteiger partial charge in [-0.05, 0) is 32.1 Å². The first-order valence-electron chi connectivity index (χ1n) is 12.4. The third-order valence-electron chi connectivity index (χ3n) is 4.63. The van der Waals surface area contributed by atoms with Crippen molar-refractivity contribution >= 4 is 17.9 Å². The standard InChI is InChI=1S/C18H34O2.C4H6O4.C3H8O3/c1-2-3-4-5-6-7-8-9-10-11-12-13-14-15-16-17-18(19)20;5-3(6)1-2-4(7)8;4-1-3(6)2-5/h9-10H,2-8,11-17H2,1H3,(H,19,20);1-2H2,(H,5,6)(H,7,8);3-6H,1-2H2. The molecule has 6 N–H and O–H groups in total. The zero-order chi connectivity index (χ0) is 26.5. The summed E-state index contributed by atoms with van der Waals surface area (Å²) in [5.74, 6) is -2.82. The van der Waals surface area contributed by atoms with Crippen LogP contribution in [0.15, 0.2) is 12.2 Å². The van der Waals surface area contributed by atoms with Crippen molar-refractivity contribution in [1.82, 2.24) is 0 Å². The third kappa shape index (κ3) is 43.8. The molecule has 0 atom stereocenters. The first kappa shape index (κ1) is 36.6. The minimum atomic E-state index is -1.08. The Morgan fingerprint density at radius 1 is 0.588 bits per heavy atom. The average molecular weight is 493 g/mol.